The maximum Gasteiger partial charge on any atom is 0.0704 e. The fourth-order valence-electron chi connectivity index (χ4n) is 1.96. The predicted octanol–water partition coefficient (Wildman–Crippen LogP) is 5.30. The molecule has 3 heteroatoms. The zero-order valence-electron chi connectivity index (χ0n) is 8.60. The molecular weight excluding hydrogens is 324 g/mol. The van der Waals surface area contributed by atoms with Crippen molar-refractivity contribution in [2.45, 2.75) is 32.0 Å². The Morgan fingerprint density at radius 1 is 1.57 bits per heavy atom. The van der Waals surface area contributed by atoms with E-state index in [-0.39, 0.29) is 0 Å². The van der Waals surface area contributed by atoms with Crippen molar-refractivity contribution in [2.24, 2.45) is 11.3 Å². The highest BCUT2D eigenvalue weighted by molar-refractivity contribution is 9.11. The summed E-state index contributed by atoms with van der Waals surface area (Å²) < 4.78 is 1.24. The van der Waals surface area contributed by atoms with Gasteiger partial charge in [-0.3, -0.25) is 0 Å². The van der Waals surface area contributed by atoms with Crippen LogP contribution in [0.5, 0.6) is 0 Å². The molecular formula is C11H14Br2S. The molecule has 1 aromatic heterocycles. The zero-order chi connectivity index (χ0) is 10.5. The van der Waals surface area contributed by atoms with E-state index >= 15 is 0 Å². The minimum absolute atomic E-state index is 0.537. The van der Waals surface area contributed by atoms with Crippen LogP contribution in [0.15, 0.2) is 9.85 Å². The van der Waals surface area contributed by atoms with Crippen LogP contribution >= 0.6 is 43.2 Å². The van der Waals surface area contributed by atoms with E-state index in [1.54, 1.807) is 0 Å². The second-order valence-corrected chi connectivity index (χ2v) is 8.39. The van der Waals surface area contributed by atoms with Crippen molar-refractivity contribution in [2.75, 3.05) is 0 Å². The Morgan fingerprint density at radius 2 is 2.14 bits per heavy atom. The van der Waals surface area contributed by atoms with Crippen LogP contribution in [-0.4, -0.2) is 0 Å². The molecule has 1 fully saturated rings. The van der Waals surface area contributed by atoms with E-state index in [1.165, 1.54) is 20.6 Å². The number of aryl methyl sites for hydroxylation is 1. The van der Waals surface area contributed by atoms with Crippen molar-refractivity contribution in [3.8, 4) is 0 Å². The van der Waals surface area contributed by atoms with Crippen LogP contribution in [0, 0.1) is 18.3 Å². The van der Waals surface area contributed by atoms with Gasteiger partial charge in [-0.05, 0) is 52.2 Å². The molecule has 0 N–H and O–H groups in total. The fourth-order valence-corrected chi connectivity index (χ4v) is 5.24. The topological polar surface area (TPSA) is 0 Å². The lowest BCUT2D eigenvalue weighted by molar-refractivity contribution is 0.555. The standard InChI is InChI=1S/C11H14Br2S/c1-6-7(4-9(12)14-6)10(13)8-5-11(8,2)3/h4,8,10H,5H2,1-3H3. The number of alkyl halides is 1. The lowest BCUT2D eigenvalue weighted by Gasteiger charge is -2.11. The summed E-state index contributed by atoms with van der Waals surface area (Å²) >= 11 is 9.21. The van der Waals surface area contributed by atoms with E-state index in [4.69, 9.17) is 0 Å². The molecule has 0 aromatic carbocycles. The highest BCUT2D eigenvalue weighted by Crippen LogP contribution is 2.61. The van der Waals surface area contributed by atoms with Gasteiger partial charge >= 0.3 is 0 Å². The van der Waals surface area contributed by atoms with Crippen LogP contribution in [0.1, 0.15) is 35.5 Å². The molecule has 0 saturated heterocycles. The molecule has 0 radical (unpaired) electrons. The Balaban J connectivity index is 2.20. The van der Waals surface area contributed by atoms with Gasteiger partial charge in [-0.15, -0.1) is 11.3 Å². The molecule has 14 heavy (non-hydrogen) atoms. The first kappa shape index (κ1) is 11.2. The van der Waals surface area contributed by atoms with Crippen LogP contribution in [0.4, 0.5) is 0 Å². The van der Waals surface area contributed by atoms with Gasteiger partial charge in [0.2, 0.25) is 0 Å². The predicted molar refractivity (Wildman–Crippen MR) is 70.3 cm³/mol. The van der Waals surface area contributed by atoms with Gasteiger partial charge in [0.1, 0.15) is 0 Å². The molecule has 78 valence electrons. The maximum absolute atomic E-state index is 3.84. The summed E-state index contributed by atoms with van der Waals surface area (Å²) in [5.41, 5.74) is 2.01. The van der Waals surface area contributed by atoms with Crippen LogP contribution in [0.25, 0.3) is 0 Å². The summed E-state index contributed by atoms with van der Waals surface area (Å²) in [5.74, 6) is 0.808. The van der Waals surface area contributed by atoms with Crippen molar-refractivity contribution in [3.05, 3.63) is 20.3 Å². The first-order valence-electron chi connectivity index (χ1n) is 4.82. The molecule has 2 rings (SSSR count). The number of thiophene rings is 1. The number of hydrogen-bond acceptors (Lipinski definition) is 1. The first-order valence-corrected chi connectivity index (χ1v) is 7.34. The minimum Gasteiger partial charge on any atom is -0.133 e. The molecule has 1 saturated carbocycles. The van der Waals surface area contributed by atoms with E-state index in [9.17, 15) is 0 Å². The molecule has 0 nitrogen and oxygen atoms in total. The van der Waals surface area contributed by atoms with Crippen LogP contribution < -0.4 is 0 Å². The third kappa shape index (κ3) is 1.96. The van der Waals surface area contributed by atoms with Gasteiger partial charge in [-0.1, -0.05) is 29.8 Å². The Bertz CT molecular complexity index is 354. The van der Waals surface area contributed by atoms with Gasteiger partial charge in [0, 0.05) is 9.70 Å². The molecule has 2 unspecified atom stereocenters. The van der Waals surface area contributed by atoms with Gasteiger partial charge in [0.05, 0.1) is 3.79 Å². The molecule has 0 bridgehead atoms. The maximum atomic E-state index is 3.84. The average molecular weight is 338 g/mol. The Labute approximate surface area is 106 Å². The molecule has 0 spiro atoms. The lowest BCUT2D eigenvalue weighted by Crippen LogP contribution is -1.98. The number of rotatable bonds is 2. The van der Waals surface area contributed by atoms with Crippen LogP contribution in [-0.2, 0) is 0 Å². The van der Waals surface area contributed by atoms with E-state index in [0.29, 0.717) is 10.2 Å². The SMILES string of the molecule is Cc1sc(Br)cc1C(Br)C1CC1(C)C. The minimum atomic E-state index is 0.537. The second-order valence-electron chi connectivity index (χ2n) is 4.76. The largest absolute Gasteiger partial charge is 0.133 e. The van der Waals surface area contributed by atoms with Crippen LogP contribution in [0.3, 0.4) is 0 Å². The molecule has 0 aliphatic heterocycles. The van der Waals surface area contributed by atoms with Gasteiger partial charge in [0.25, 0.3) is 0 Å². The van der Waals surface area contributed by atoms with Crippen LogP contribution in [0.2, 0.25) is 0 Å². The lowest BCUT2D eigenvalue weighted by atomic mass is 10.0. The fraction of sp³-hybridized carbons (Fsp3) is 0.636. The van der Waals surface area contributed by atoms with Gasteiger partial charge in [-0.2, -0.15) is 0 Å². The molecule has 2 atom stereocenters. The van der Waals surface area contributed by atoms with E-state index < -0.39 is 0 Å². The summed E-state index contributed by atoms with van der Waals surface area (Å²) in [7, 11) is 0. The van der Waals surface area contributed by atoms with Gasteiger partial charge in [0.15, 0.2) is 0 Å². The molecule has 1 heterocycles. The third-order valence-electron chi connectivity index (χ3n) is 3.17. The Morgan fingerprint density at radius 3 is 2.50 bits per heavy atom. The van der Waals surface area contributed by atoms with Gasteiger partial charge in [-0.25, -0.2) is 0 Å². The highest BCUT2D eigenvalue weighted by atomic mass is 79.9. The van der Waals surface area contributed by atoms with Crippen molar-refractivity contribution in [1.82, 2.24) is 0 Å². The summed E-state index contributed by atoms with van der Waals surface area (Å²) in [5, 5.41) is 0. The van der Waals surface area contributed by atoms with E-state index in [2.05, 4.69) is 58.7 Å². The molecule has 1 aliphatic rings. The third-order valence-corrected chi connectivity index (χ3v) is 5.87. The number of halogens is 2. The molecule has 0 amide bonds. The number of hydrogen-bond donors (Lipinski definition) is 0. The Kier molecular flexibility index (Phi) is 2.87. The smallest absolute Gasteiger partial charge is 0.0704 e. The summed E-state index contributed by atoms with van der Waals surface area (Å²) in [6.07, 6.45) is 1.34. The zero-order valence-corrected chi connectivity index (χ0v) is 12.6. The monoisotopic (exact) mass is 336 g/mol. The summed E-state index contributed by atoms with van der Waals surface area (Å²) in [4.78, 5) is 1.97. The molecule has 1 aromatic rings. The second kappa shape index (κ2) is 3.60. The normalized spacial score (nSPS) is 26.2. The summed E-state index contributed by atoms with van der Waals surface area (Å²) in [6, 6.07) is 2.26. The quantitative estimate of drug-likeness (QED) is 0.642. The van der Waals surface area contributed by atoms with Crippen molar-refractivity contribution >= 4 is 43.2 Å². The van der Waals surface area contributed by atoms with Crippen molar-refractivity contribution in [3.63, 3.8) is 0 Å². The van der Waals surface area contributed by atoms with Crippen molar-refractivity contribution in [1.29, 1.82) is 0 Å². The average Bonchev–Trinajstić information content (AvgIpc) is 2.55. The Hall–Kier alpha value is 0.660. The van der Waals surface area contributed by atoms with Gasteiger partial charge < -0.3 is 0 Å². The van der Waals surface area contributed by atoms with E-state index in [0.717, 1.165) is 5.92 Å². The first-order chi connectivity index (χ1) is 6.42. The molecule has 1 aliphatic carbocycles. The van der Waals surface area contributed by atoms with E-state index in [1.807, 2.05) is 11.3 Å². The highest BCUT2D eigenvalue weighted by Gasteiger charge is 2.50. The summed E-state index contributed by atoms with van der Waals surface area (Å²) in [6.45, 7) is 6.90. The van der Waals surface area contributed by atoms with Crippen molar-refractivity contribution < 1.29 is 0 Å².